The van der Waals surface area contributed by atoms with Crippen LogP contribution in [0.4, 0.5) is 23.2 Å². The number of carboxylic acid groups (broad SMARTS) is 1. The van der Waals surface area contributed by atoms with Crippen molar-refractivity contribution in [3.8, 4) is 0 Å². The van der Waals surface area contributed by atoms with E-state index in [9.17, 15) is 40.9 Å². The number of aliphatic carboxylic acids is 1. The molecule has 12 nitrogen and oxygen atoms in total. The number of carbonyl (C=O) groups is 2. The van der Waals surface area contributed by atoms with Crippen LogP contribution < -0.4 is 10.4 Å². The van der Waals surface area contributed by atoms with E-state index < -0.39 is 59.9 Å². The van der Waals surface area contributed by atoms with Gasteiger partial charge in [0.1, 0.15) is 22.2 Å². The lowest BCUT2D eigenvalue weighted by Crippen LogP contribution is -2.89. The number of imidazole rings is 1. The second-order valence-electron chi connectivity index (χ2n) is 6.40. The van der Waals surface area contributed by atoms with Gasteiger partial charge in [-0.3, -0.25) is 14.9 Å². The SMILES string of the molecule is O=C([O-])C(F)(F)F.O=C(c1cc(S(=O)(=O)c2ncc[nH]2)c(F)cc1[N+](=O)[O-])N1CC[NH2+]CC1. The molecule has 0 bridgehead atoms. The highest BCUT2D eigenvalue weighted by atomic mass is 32.2. The van der Waals surface area contributed by atoms with Crippen molar-refractivity contribution < 1.29 is 50.9 Å². The zero-order chi connectivity index (χ0) is 25.0. The lowest BCUT2D eigenvalue weighted by Gasteiger charge is -2.25. The van der Waals surface area contributed by atoms with Gasteiger partial charge in [0, 0.05) is 12.4 Å². The van der Waals surface area contributed by atoms with E-state index in [1.807, 2.05) is 5.32 Å². The van der Waals surface area contributed by atoms with Crippen LogP contribution in [0.1, 0.15) is 10.4 Å². The number of rotatable bonds is 4. The first kappa shape index (κ1) is 25.7. The molecule has 0 saturated carbocycles. The van der Waals surface area contributed by atoms with Gasteiger partial charge in [0.15, 0.2) is 0 Å². The zero-order valence-corrected chi connectivity index (χ0v) is 17.2. The predicted molar refractivity (Wildman–Crippen MR) is 95.7 cm³/mol. The molecule has 1 fully saturated rings. The quantitative estimate of drug-likeness (QED) is 0.294. The number of nitrogens with zero attached hydrogens (tertiary/aromatic N) is 3. The van der Waals surface area contributed by atoms with E-state index >= 15 is 0 Å². The van der Waals surface area contributed by atoms with E-state index in [-0.39, 0.29) is 0 Å². The van der Waals surface area contributed by atoms with Gasteiger partial charge in [-0.1, -0.05) is 0 Å². The van der Waals surface area contributed by atoms with Gasteiger partial charge in [0.2, 0.25) is 15.0 Å². The van der Waals surface area contributed by atoms with Crippen LogP contribution in [-0.2, 0) is 14.6 Å². The van der Waals surface area contributed by atoms with E-state index in [0.717, 1.165) is 0 Å². The number of amides is 1. The number of quaternary nitrogens is 1. The summed E-state index contributed by atoms with van der Waals surface area (Å²) in [4.78, 5) is 38.3. The Morgan fingerprint density at radius 2 is 1.79 bits per heavy atom. The number of hydrogen-bond acceptors (Lipinski definition) is 8. The number of sulfone groups is 1. The maximum Gasteiger partial charge on any atom is 0.430 e. The molecular weight excluding hydrogens is 482 g/mol. The van der Waals surface area contributed by atoms with Crippen LogP contribution in [0.2, 0.25) is 0 Å². The number of halogens is 4. The zero-order valence-electron chi connectivity index (χ0n) is 16.3. The number of hydrogen-bond donors (Lipinski definition) is 2. The molecule has 3 rings (SSSR count). The Balaban J connectivity index is 0.000000479. The van der Waals surface area contributed by atoms with Gasteiger partial charge in [-0.2, -0.15) is 13.2 Å². The molecule has 2 aromatic rings. The Kier molecular flexibility index (Phi) is 7.70. The highest BCUT2D eigenvalue weighted by molar-refractivity contribution is 7.91. The van der Waals surface area contributed by atoms with Crippen molar-refractivity contribution >= 4 is 27.4 Å². The molecule has 0 radical (unpaired) electrons. The number of nitro benzene ring substituents is 1. The molecule has 0 atom stereocenters. The number of nitro groups is 1. The fraction of sp³-hybridized carbons (Fsp3) is 0.312. The molecule has 1 amide bonds. The summed E-state index contributed by atoms with van der Waals surface area (Å²) in [6.45, 7) is 1.96. The van der Waals surface area contributed by atoms with Gasteiger partial charge in [-0.05, 0) is 6.07 Å². The van der Waals surface area contributed by atoms with E-state index in [1.54, 1.807) is 0 Å². The molecule has 0 spiro atoms. The lowest BCUT2D eigenvalue weighted by atomic mass is 10.1. The number of carbonyl (C=O) groups excluding carboxylic acids is 2. The Hall–Kier alpha value is -3.60. The minimum absolute atomic E-state index is 0.355. The fourth-order valence-electron chi connectivity index (χ4n) is 2.70. The highest BCUT2D eigenvalue weighted by Gasteiger charge is 2.33. The van der Waals surface area contributed by atoms with Crippen LogP contribution in [0.25, 0.3) is 0 Å². The third-order valence-electron chi connectivity index (χ3n) is 4.22. The van der Waals surface area contributed by atoms with E-state index in [4.69, 9.17) is 9.90 Å². The first-order valence-corrected chi connectivity index (χ1v) is 10.4. The van der Waals surface area contributed by atoms with Crippen LogP contribution >= 0.6 is 0 Å². The molecule has 2 heterocycles. The summed E-state index contributed by atoms with van der Waals surface area (Å²) in [5.74, 6) is -5.04. The molecule has 1 aliphatic heterocycles. The Labute approximate surface area is 182 Å². The van der Waals surface area contributed by atoms with E-state index in [0.29, 0.717) is 38.3 Å². The normalized spacial score (nSPS) is 14.2. The molecule has 180 valence electrons. The maximum atomic E-state index is 14.3. The predicted octanol–water partition coefficient (Wildman–Crippen LogP) is -1.39. The molecule has 1 aliphatic rings. The molecule has 1 aromatic heterocycles. The Bertz CT molecular complexity index is 1150. The number of nitrogens with one attached hydrogen (secondary N) is 1. The summed E-state index contributed by atoms with van der Waals surface area (Å²) in [6.07, 6.45) is -2.78. The average molecular weight is 497 g/mol. The van der Waals surface area contributed by atoms with Gasteiger partial charge in [-0.25, -0.2) is 17.8 Å². The highest BCUT2D eigenvalue weighted by Crippen LogP contribution is 2.29. The topological polar surface area (TPSA) is 183 Å². The molecule has 0 unspecified atom stereocenters. The van der Waals surface area contributed by atoms with Gasteiger partial charge in [-0.15, -0.1) is 0 Å². The average Bonchev–Trinajstić information content (AvgIpc) is 3.29. The summed E-state index contributed by atoms with van der Waals surface area (Å²) < 4.78 is 70.9. The van der Waals surface area contributed by atoms with Crippen molar-refractivity contribution in [2.75, 3.05) is 26.2 Å². The molecule has 17 heteroatoms. The second kappa shape index (κ2) is 9.90. The number of benzene rings is 1. The number of H-pyrrole nitrogens is 1. The summed E-state index contributed by atoms with van der Waals surface area (Å²) in [5.41, 5.74) is -1.25. The van der Waals surface area contributed by atoms with Crippen molar-refractivity contribution in [3.63, 3.8) is 0 Å². The summed E-state index contributed by atoms with van der Waals surface area (Å²) in [6, 6.07) is 1.17. The number of nitrogens with two attached hydrogens (primary N) is 1. The standard InChI is InChI=1S/C14H14FN5O5S.C2HF3O2/c15-10-8-11(20(22)23)9(13(21)19-5-3-16-4-6-19)7-12(10)26(24,25)14-17-1-2-18-14;3-2(4,5)1(6)7/h1-2,7-8,16H,3-6H2,(H,17,18);(H,6,7). The molecule has 0 aliphatic carbocycles. The molecule has 1 aromatic carbocycles. The lowest BCUT2D eigenvalue weighted by molar-refractivity contribution is -0.661. The van der Waals surface area contributed by atoms with Gasteiger partial charge in [0.05, 0.1) is 37.2 Å². The van der Waals surface area contributed by atoms with Gasteiger partial charge < -0.3 is 25.1 Å². The Morgan fingerprint density at radius 1 is 1.21 bits per heavy atom. The van der Waals surface area contributed by atoms with Crippen molar-refractivity contribution in [1.82, 2.24) is 14.9 Å². The molecule has 1 saturated heterocycles. The molecule has 33 heavy (non-hydrogen) atoms. The van der Waals surface area contributed by atoms with Crippen molar-refractivity contribution in [3.05, 3.63) is 46.0 Å². The van der Waals surface area contributed by atoms with E-state index in [2.05, 4.69) is 9.97 Å². The number of aromatic amines is 1. The van der Waals surface area contributed by atoms with Crippen molar-refractivity contribution in [1.29, 1.82) is 0 Å². The van der Waals surface area contributed by atoms with Crippen LogP contribution in [0, 0.1) is 15.9 Å². The largest absolute Gasteiger partial charge is 0.542 e. The smallest absolute Gasteiger partial charge is 0.430 e. The fourth-order valence-corrected chi connectivity index (χ4v) is 3.92. The second-order valence-corrected chi connectivity index (χ2v) is 8.23. The first-order valence-electron chi connectivity index (χ1n) is 8.88. The van der Waals surface area contributed by atoms with Crippen molar-refractivity contribution in [2.45, 2.75) is 16.2 Å². The third kappa shape index (κ3) is 6.01. The summed E-state index contributed by atoms with van der Waals surface area (Å²) in [5, 5.41) is 21.5. The van der Waals surface area contributed by atoms with Gasteiger partial charge in [0.25, 0.3) is 11.6 Å². The van der Waals surface area contributed by atoms with Crippen LogP contribution in [-0.4, -0.2) is 72.4 Å². The third-order valence-corrected chi connectivity index (χ3v) is 5.84. The molecule has 3 N–H and O–H groups in total. The van der Waals surface area contributed by atoms with Crippen LogP contribution in [0.5, 0.6) is 0 Å². The first-order chi connectivity index (χ1) is 15.3. The number of aromatic nitrogens is 2. The number of alkyl halides is 3. The summed E-state index contributed by atoms with van der Waals surface area (Å²) >= 11 is 0. The maximum absolute atomic E-state index is 14.3. The van der Waals surface area contributed by atoms with Crippen LogP contribution in [0.3, 0.4) is 0 Å². The Morgan fingerprint density at radius 3 is 2.24 bits per heavy atom. The summed E-state index contributed by atoms with van der Waals surface area (Å²) in [7, 11) is -4.40. The number of carboxylic acids is 1. The minimum Gasteiger partial charge on any atom is -0.542 e. The number of piperazine rings is 1. The van der Waals surface area contributed by atoms with Gasteiger partial charge >= 0.3 is 6.18 Å². The molecular formula is C16H15F4N5O7S. The van der Waals surface area contributed by atoms with Crippen LogP contribution in [0.15, 0.2) is 34.6 Å². The minimum atomic E-state index is -5.19. The monoisotopic (exact) mass is 497 g/mol. The van der Waals surface area contributed by atoms with Crippen molar-refractivity contribution in [2.24, 2.45) is 0 Å². The van der Waals surface area contributed by atoms with E-state index in [1.165, 1.54) is 17.3 Å².